The number of hydrogen-bond acceptors (Lipinski definition) is 3. The molecular formula is C21H25ClFN3O. The van der Waals surface area contributed by atoms with Crippen molar-refractivity contribution < 1.29 is 9.18 Å². The van der Waals surface area contributed by atoms with Crippen molar-refractivity contribution in [2.45, 2.75) is 12.8 Å². The van der Waals surface area contributed by atoms with E-state index in [2.05, 4.69) is 39.4 Å². The second-order valence-corrected chi connectivity index (χ2v) is 7.28. The number of carbonyl (C=O) groups excluding carboxylic acids is 1. The molecule has 4 nitrogen and oxygen atoms in total. The van der Waals surface area contributed by atoms with E-state index in [0.29, 0.717) is 18.0 Å². The summed E-state index contributed by atoms with van der Waals surface area (Å²) in [5, 5.41) is 2.93. The number of anilines is 1. The highest BCUT2D eigenvalue weighted by Crippen LogP contribution is 2.19. The molecule has 0 aromatic heterocycles. The van der Waals surface area contributed by atoms with Gasteiger partial charge in [0.25, 0.3) is 0 Å². The summed E-state index contributed by atoms with van der Waals surface area (Å²) in [7, 11) is 0. The van der Waals surface area contributed by atoms with Gasteiger partial charge in [-0.2, -0.15) is 0 Å². The fourth-order valence-electron chi connectivity index (χ4n) is 3.23. The van der Waals surface area contributed by atoms with Crippen LogP contribution in [0.4, 0.5) is 10.1 Å². The summed E-state index contributed by atoms with van der Waals surface area (Å²) in [6, 6.07) is 14.8. The zero-order valence-corrected chi connectivity index (χ0v) is 16.1. The Morgan fingerprint density at radius 1 is 1.00 bits per heavy atom. The molecule has 0 spiro atoms. The van der Waals surface area contributed by atoms with Crippen LogP contribution in [-0.2, 0) is 11.2 Å². The lowest BCUT2D eigenvalue weighted by Gasteiger charge is -2.34. The van der Waals surface area contributed by atoms with E-state index in [0.717, 1.165) is 39.1 Å². The van der Waals surface area contributed by atoms with E-state index in [1.807, 2.05) is 6.07 Å². The number of hydrogen-bond donors (Lipinski definition) is 1. The molecule has 0 aliphatic carbocycles. The third-order valence-electron chi connectivity index (χ3n) is 4.88. The van der Waals surface area contributed by atoms with Gasteiger partial charge >= 0.3 is 0 Å². The molecule has 3 rings (SSSR count). The first-order valence-electron chi connectivity index (χ1n) is 9.34. The van der Waals surface area contributed by atoms with Gasteiger partial charge in [0.2, 0.25) is 5.91 Å². The normalized spacial score (nSPS) is 15.6. The Hall–Kier alpha value is -1.95. The number of nitrogens with zero attached hydrogens (tertiary/aromatic N) is 2. The number of benzene rings is 2. The summed E-state index contributed by atoms with van der Waals surface area (Å²) in [6.07, 6.45) is 1.42. The minimum absolute atomic E-state index is 0.176. The number of halogens is 2. The highest BCUT2D eigenvalue weighted by molar-refractivity contribution is 6.30. The topological polar surface area (TPSA) is 35.6 Å². The molecule has 1 N–H and O–H groups in total. The number of piperazine rings is 1. The molecule has 0 unspecified atom stereocenters. The van der Waals surface area contributed by atoms with Gasteiger partial charge in [0.1, 0.15) is 5.82 Å². The SMILES string of the molecule is O=C(CCN1CCN(CCc2ccccc2)CC1)Nc1ccc(Cl)cc1F. The maximum Gasteiger partial charge on any atom is 0.225 e. The number of amides is 1. The largest absolute Gasteiger partial charge is 0.324 e. The fourth-order valence-corrected chi connectivity index (χ4v) is 3.39. The standard InChI is InChI=1S/C21H25ClFN3O/c22-18-6-7-20(19(23)16-18)24-21(27)9-11-26-14-12-25(13-15-26)10-8-17-4-2-1-3-5-17/h1-7,16H,8-15H2,(H,24,27). The van der Waals surface area contributed by atoms with E-state index < -0.39 is 5.82 Å². The van der Waals surface area contributed by atoms with Gasteiger partial charge in [-0.15, -0.1) is 0 Å². The molecule has 0 radical (unpaired) electrons. The highest BCUT2D eigenvalue weighted by atomic mass is 35.5. The zero-order chi connectivity index (χ0) is 19.1. The van der Waals surface area contributed by atoms with Crippen LogP contribution in [0.15, 0.2) is 48.5 Å². The molecule has 1 fully saturated rings. The predicted octanol–water partition coefficient (Wildman–Crippen LogP) is 3.67. The van der Waals surface area contributed by atoms with Crippen molar-refractivity contribution >= 4 is 23.2 Å². The summed E-state index contributed by atoms with van der Waals surface area (Å²) in [4.78, 5) is 16.8. The smallest absolute Gasteiger partial charge is 0.225 e. The molecule has 27 heavy (non-hydrogen) atoms. The van der Waals surface area contributed by atoms with Crippen LogP contribution in [0.3, 0.4) is 0 Å². The van der Waals surface area contributed by atoms with E-state index in [9.17, 15) is 9.18 Å². The Bertz CT molecular complexity index is 748. The second-order valence-electron chi connectivity index (χ2n) is 6.84. The Balaban J connectivity index is 1.35. The molecule has 1 aliphatic heterocycles. The van der Waals surface area contributed by atoms with Crippen LogP contribution >= 0.6 is 11.6 Å². The Morgan fingerprint density at radius 3 is 2.33 bits per heavy atom. The van der Waals surface area contributed by atoms with Crippen LogP contribution in [0.5, 0.6) is 0 Å². The number of carbonyl (C=O) groups is 1. The monoisotopic (exact) mass is 389 g/mol. The zero-order valence-electron chi connectivity index (χ0n) is 15.3. The highest BCUT2D eigenvalue weighted by Gasteiger charge is 2.17. The first-order chi connectivity index (χ1) is 13.1. The third kappa shape index (κ3) is 6.31. The summed E-state index contributed by atoms with van der Waals surface area (Å²) < 4.78 is 13.7. The van der Waals surface area contributed by atoms with Crippen molar-refractivity contribution in [2.75, 3.05) is 44.6 Å². The Kier molecular flexibility index (Phi) is 7.21. The number of nitrogens with one attached hydrogen (secondary N) is 1. The summed E-state index contributed by atoms with van der Waals surface area (Å²) in [5.41, 5.74) is 1.54. The lowest BCUT2D eigenvalue weighted by atomic mass is 10.1. The van der Waals surface area contributed by atoms with Crippen molar-refractivity contribution in [2.24, 2.45) is 0 Å². The summed E-state index contributed by atoms with van der Waals surface area (Å²) in [5.74, 6) is -0.689. The van der Waals surface area contributed by atoms with Crippen LogP contribution in [0.25, 0.3) is 0 Å². The molecule has 2 aromatic rings. The van der Waals surface area contributed by atoms with E-state index in [1.54, 1.807) is 6.07 Å². The third-order valence-corrected chi connectivity index (χ3v) is 5.12. The predicted molar refractivity (Wildman–Crippen MR) is 108 cm³/mol. The van der Waals surface area contributed by atoms with E-state index >= 15 is 0 Å². The van der Waals surface area contributed by atoms with Gasteiger partial charge in [0.05, 0.1) is 5.69 Å². The summed E-state index contributed by atoms with van der Waals surface area (Å²) in [6.45, 7) is 5.69. The lowest BCUT2D eigenvalue weighted by Crippen LogP contribution is -2.47. The minimum atomic E-state index is -0.511. The number of rotatable bonds is 7. The minimum Gasteiger partial charge on any atom is -0.324 e. The van der Waals surface area contributed by atoms with Crippen LogP contribution in [0.2, 0.25) is 5.02 Å². The molecule has 0 atom stereocenters. The molecule has 144 valence electrons. The Morgan fingerprint density at radius 2 is 1.67 bits per heavy atom. The average molecular weight is 390 g/mol. The molecule has 1 amide bonds. The molecule has 6 heteroatoms. The quantitative estimate of drug-likeness (QED) is 0.784. The molecule has 0 saturated carbocycles. The summed E-state index contributed by atoms with van der Waals surface area (Å²) >= 11 is 5.72. The molecular weight excluding hydrogens is 365 g/mol. The first kappa shape index (κ1) is 19.8. The van der Waals surface area contributed by atoms with Crippen molar-refractivity contribution in [3.8, 4) is 0 Å². The molecule has 0 bridgehead atoms. The van der Waals surface area contributed by atoms with Gasteiger partial charge in [-0.1, -0.05) is 41.9 Å². The lowest BCUT2D eigenvalue weighted by molar-refractivity contribution is -0.116. The fraction of sp³-hybridized carbons (Fsp3) is 0.381. The molecule has 1 aliphatic rings. The van der Waals surface area contributed by atoms with E-state index in [-0.39, 0.29) is 11.6 Å². The van der Waals surface area contributed by atoms with Gasteiger partial charge in [0, 0.05) is 50.7 Å². The van der Waals surface area contributed by atoms with Crippen LogP contribution in [0, 0.1) is 5.82 Å². The molecule has 1 saturated heterocycles. The van der Waals surface area contributed by atoms with Crippen molar-refractivity contribution in [1.82, 2.24) is 9.80 Å². The van der Waals surface area contributed by atoms with Crippen LogP contribution < -0.4 is 5.32 Å². The van der Waals surface area contributed by atoms with Crippen molar-refractivity contribution in [1.29, 1.82) is 0 Å². The van der Waals surface area contributed by atoms with Gasteiger partial charge in [-0.25, -0.2) is 4.39 Å². The van der Waals surface area contributed by atoms with Gasteiger partial charge in [-0.3, -0.25) is 4.79 Å². The van der Waals surface area contributed by atoms with Crippen LogP contribution in [0.1, 0.15) is 12.0 Å². The Labute approximate surface area is 164 Å². The average Bonchev–Trinajstić information content (AvgIpc) is 2.68. The molecule has 1 heterocycles. The molecule has 2 aromatic carbocycles. The van der Waals surface area contributed by atoms with E-state index in [4.69, 9.17) is 11.6 Å². The maximum absolute atomic E-state index is 13.7. The maximum atomic E-state index is 13.7. The second kappa shape index (κ2) is 9.83. The van der Waals surface area contributed by atoms with Gasteiger partial charge in [0.15, 0.2) is 0 Å². The van der Waals surface area contributed by atoms with Gasteiger partial charge in [-0.05, 0) is 30.2 Å². The van der Waals surface area contributed by atoms with E-state index in [1.165, 1.54) is 17.7 Å². The van der Waals surface area contributed by atoms with Crippen molar-refractivity contribution in [3.05, 3.63) is 64.9 Å². The van der Waals surface area contributed by atoms with Crippen molar-refractivity contribution in [3.63, 3.8) is 0 Å². The first-order valence-corrected chi connectivity index (χ1v) is 9.71. The van der Waals surface area contributed by atoms with Gasteiger partial charge < -0.3 is 15.1 Å². The van der Waals surface area contributed by atoms with Crippen LogP contribution in [-0.4, -0.2) is 55.0 Å².